The first-order valence-electron chi connectivity index (χ1n) is 6.72. The fourth-order valence-electron chi connectivity index (χ4n) is 2.03. The van der Waals surface area contributed by atoms with Crippen molar-refractivity contribution in [3.8, 4) is 5.75 Å². The van der Waals surface area contributed by atoms with E-state index < -0.39 is 5.91 Å². The van der Waals surface area contributed by atoms with Gasteiger partial charge in [0.05, 0.1) is 30.4 Å². The average molecular weight is 400 g/mol. The van der Waals surface area contributed by atoms with Crippen molar-refractivity contribution in [3.63, 3.8) is 0 Å². The standard InChI is InChI=1S/C15H11Cl2N3O2S2/c1-22-12-3-2-9(16)4-11(12)14(21)19-15-20(6-13(17)24-15)5-10-7-23-8-18-10/h2-4,6-8H,5H2,1H3. The third-order valence-electron chi connectivity index (χ3n) is 3.10. The molecule has 0 fully saturated rings. The molecule has 0 aliphatic rings. The molecule has 9 heteroatoms. The van der Waals surface area contributed by atoms with Gasteiger partial charge in [0, 0.05) is 16.6 Å². The Bertz CT molecular complexity index is 933. The molecule has 0 N–H and O–H groups in total. The molecule has 2 heterocycles. The number of thiazole rings is 2. The maximum Gasteiger partial charge on any atom is 0.283 e. The summed E-state index contributed by atoms with van der Waals surface area (Å²) >= 11 is 14.8. The van der Waals surface area contributed by atoms with Crippen molar-refractivity contribution in [3.05, 3.63) is 60.7 Å². The van der Waals surface area contributed by atoms with Crippen LogP contribution in [0.5, 0.6) is 5.75 Å². The molecule has 5 nitrogen and oxygen atoms in total. The third-order valence-corrected chi connectivity index (χ3v) is 5.10. The topological polar surface area (TPSA) is 56.5 Å². The molecule has 0 aliphatic heterocycles. The summed E-state index contributed by atoms with van der Waals surface area (Å²) in [6, 6.07) is 4.82. The molecule has 1 amide bonds. The van der Waals surface area contributed by atoms with E-state index in [9.17, 15) is 4.79 Å². The number of carbonyl (C=O) groups excluding carboxylic acids is 1. The molecule has 2 aromatic heterocycles. The van der Waals surface area contributed by atoms with Crippen LogP contribution >= 0.6 is 45.9 Å². The van der Waals surface area contributed by atoms with Crippen molar-refractivity contribution in [2.75, 3.05) is 7.11 Å². The Balaban J connectivity index is 1.99. The number of amides is 1. The second-order valence-corrected chi connectivity index (χ2v) is 7.48. The molecule has 124 valence electrons. The van der Waals surface area contributed by atoms with Crippen LogP contribution in [0.2, 0.25) is 9.36 Å². The Morgan fingerprint density at radius 3 is 2.96 bits per heavy atom. The maximum atomic E-state index is 12.5. The zero-order valence-corrected chi connectivity index (χ0v) is 15.5. The first-order valence-corrected chi connectivity index (χ1v) is 9.24. The number of benzene rings is 1. The van der Waals surface area contributed by atoms with Crippen LogP contribution < -0.4 is 9.54 Å². The van der Waals surface area contributed by atoms with E-state index in [2.05, 4.69) is 9.98 Å². The minimum Gasteiger partial charge on any atom is -0.496 e. The van der Waals surface area contributed by atoms with Gasteiger partial charge in [0.2, 0.25) is 0 Å². The van der Waals surface area contributed by atoms with Gasteiger partial charge in [0.15, 0.2) is 4.80 Å². The highest BCUT2D eigenvalue weighted by Gasteiger charge is 2.13. The molecular weight excluding hydrogens is 389 g/mol. The minimum absolute atomic E-state index is 0.301. The second kappa shape index (κ2) is 7.48. The summed E-state index contributed by atoms with van der Waals surface area (Å²) in [5, 5.41) is 2.37. The fourth-order valence-corrected chi connectivity index (χ4v) is 3.80. The number of nitrogens with zero attached hydrogens (tertiary/aromatic N) is 3. The first-order chi connectivity index (χ1) is 11.6. The van der Waals surface area contributed by atoms with Crippen molar-refractivity contribution in [2.24, 2.45) is 4.99 Å². The first kappa shape index (κ1) is 17.2. The zero-order chi connectivity index (χ0) is 17.1. The van der Waals surface area contributed by atoms with Gasteiger partial charge in [0.25, 0.3) is 5.91 Å². The van der Waals surface area contributed by atoms with E-state index >= 15 is 0 Å². The van der Waals surface area contributed by atoms with Crippen LogP contribution in [0.4, 0.5) is 0 Å². The summed E-state index contributed by atoms with van der Waals surface area (Å²) in [6.45, 7) is 0.492. The van der Waals surface area contributed by atoms with E-state index in [1.165, 1.54) is 35.8 Å². The quantitative estimate of drug-likeness (QED) is 0.662. The molecule has 0 atom stereocenters. The van der Waals surface area contributed by atoms with Gasteiger partial charge in [-0.1, -0.05) is 34.5 Å². The highest BCUT2D eigenvalue weighted by atomic mass is 35.5. The summed E-state index contributed by atoms with van der Waals surface area (Å²) in [6.07, 6.45) is 1.73. The summed E-state index contributed by atoms with van der Waals surface area (Å²) in [5.41, 5.74) is 2.93. The molecule has 0 spiro atoms. The van der Waals surface area contributed by atoms with Crippen molar-refractivity contribution in [1.82, 2.24) is 9.55 Å². The molecule has 1 aromatic carbocycles. The number of hydrogen-bond donors (Lipinski definition) is 0. The van der Waals surface area contributed by atoms with Crippen molar-refractivity contribution >= 4 is 51.8 Å². The van der Waals surface area contributed by atoms with Gasteiger partial charge >= 0.3 is 0 Å². The predicted octanol–water partition coefficient (Wildman–Crippen LogP) is 4.11. The van der Waals surface area contributed by atoms with E-state index in [1.807, 2.05) is 5.38 Å². The van der Waals surface area contributed by atoms with Gasteiger partial charge in [0.1, 0.15) is 10.1 Å². The molecule has 3 aromatic rings. The van der Waals surface area contributed by atoms with Gasteiger partial charge in [-0.3, -0.25) is 4.79 Å². The Kier molecular flexibility index (Phi) is 5.35. The van der Waals surface area contributed by atoms with Gasteiger partial charge in [-0.05, 0) is 18.2 Å². The van der Waals surface area contributed by atoms with Crippen LogP contribution in [-0.2, 0) is 6.54 Å². The Morgan fingerprint density at radius 2 is 2.25 bits per heavy atom. The summed E-state index contributed by atoms with van der Waals surface area (Å²) in [4.78, 5) is 21.4. The number of halogens is 2. The lowest BCUT2D eigenvalue weighted by Gasteiger charge is -2.05. The van der Waals surface area contributed by atoms with Crippen molar-refractivity contribution in [1.29, 1.82) is 0 Å². The highest BCUT2D eigenvalue weighted by molar-refractivity contribution is 7.13. The summed E-state index contributed by atoms with van der Waals surface area (Å²) < 4.78 is 7.53. The smallest absolute Gasteiger partial charge is 0.283 e. The van der Waals surface area contributed by atoms with E-state index in [1.54, 1.807) is 28.4 Å². The molecule has 0 unspecified atom stereocenters. The minimum atomic E-state index is -0.445. The molecule has 0 saturated carbocycles. The number of hydrogen-bond acceptors (Lipinski definition) is 5. The van der Waals surface area contributed by atoms with Crippen LogP contribution in [-0.4, -0.2) is 22.6 Å². The van der Waals surface area contributed by atoms with E-state index in [-0.39, 0.29) is 0 Å². The normalized spacial score (nSPS) is 11.7. The summed E-state index contributed by atoms with van der Waals surface area (Å²) in [5.74, 6) is -0.0262. The number of carbonyl (C=O) groups is 1. The van der Waals surface area contributed by atoms with Crippen molar-refractivity contribution in [2.45, 2.75) is 6.54 Å². The van der Waals surface area contributed by atoms with E-state index in [4.69, 9.17) is 27.9 Å². The van der Waals surface area contributed by atoms with Gasteiger partial charge in [-0.2, -0.15) is 4.99 Å². The van der Waals surface area contributed by atoms with E-state index in [0.717, 1.165) is 5.69 Å². The van der Waals surface area contributed by atoms with Gasteiger partial charge in [-0.25, -0.2) is 4.98 Å². The third kappa shape index (κ3) is 3.87. The molecule has 24 heavy (non-hydrogen) atoms. The van der Waals surface area contributed by atoms with Crippen LogP contribution in [0, 0.1) is 0 Å². The van der Waals surface area contributed by atoms with Crippen LogP contribution in [0.1, 0.15) is 16.1 Å². The lowest BCUT2D eigenvalue weighted by molar-refractivity contribution is 0.0995. The SMILES string of the molecule is COc1ccc(Cl)cc1C(=O)N=c1sc(Cl)cn1Cc1cscn1. The molecule has 0 bridgehead atoms. The molecular formula is C15H11Cl2N3O2S2. The molecule has 0 saturated heterocycles. The monoisotopic (exact) mass is 399 g/mol. The van der Waals surface area contributed by atoms with E-state index in [0.29, 0.717) is 32.0 Å². The van der Waals surface area contributed by atoms with Gasteiger partial charge < -0.3 is 9.30 Å². The van der Waals surface area contributed by atoms with Crippen LogP contribution in [0.3, 0.4) is 0 Å². The number of rotatable bonds is 4. The number of ether oxygens (including phenoxy) is 1. The Labute approximate surface area is 155 Å². The number of methoxy groups -OCH3 is 1. The molecule has 0 radical (unpaired) electrons. The second-order valence-electron chi connectivity index (χ2n) is 4.69. The van der Waals surface area contributed by atoms with Crippen molar-refractivity contribution < 1.29 is 9.53 Å². The average Bonchev–Trinajstić information content (AvgIpc) is 3.18. The molecule has 3 rings (SSSR count). The Hall–Kier alpha value is -1.67. The highest BCUT2D eigenvalue weighted by Crippen LogP contribution is 2.23. The molecule has 0 aliphatic carbocycles. The van der Waals surface area contributed by atoms with Crippen LogP contribution in [0.15, 0.2) is 40.3 Å². The number of aromatic nitrogens is 2. The Morgan fingerprint density at radius 1 is 1.42 bits per heavy atom. The predicted molar refractivity (Wildman–Crippen MR) is 96.4 cm³/mol. The van der Waals surface area contributed by atoms with Gasteiger partial charge in [-0.15, -0.1) is 11.3 Å². The lowest BCUT2D eigenvalue weighted by Crippen LogP contribution is -2.17. The fraction of sp³-hybridized carbons (Fsp3) is 0.133. The lowest BCUT2D eigenvalue weighted by atomic mass is 10.2. The van der Waals surface area contributed by atoms with Crippen LogP contribution in [0.25, 0.3) is 0 Å². The largest absolute Gasteiger partial charge is 0.496 e. The zero-order valence-electron chi connectivity index (χ0n) is 12.4. The maximum absolute atomic E-state index is 12.5. The summed E-state index contributed by atoms with van der Waals surface area (Å²) in [7, 11) is 1.49.